The van der Waals surface area contributed by atoms with Gasteiger partial charge in [-0.1, -0.05) is 0 Å². The fourth-order valence-electron chi connectivity index (χ4n) is 2.26. The molecule has 0 saturated heterocycles. The number of amides is 1. The largest absolute Gasteiger partial charge is 0.497 e. The summed E-state index contributed by atoms with van der Waals surface area (Å²) in [5.41, 5.74) is 0.910. The van der Waals surface area contributed by atoms with E-state index < -0.39 is 0 Å². The van der Waals surface area contributed by atoms with Gasteiger partial charge >= 0.3 is 0 Å². The van der Waals surface area contributed by atoms with Gasteiger partial charge in [-0.05, 0) is 50.4 Å². The van der Waals surface area contributed by atoms with E-state index >= 15 is 0 Å². The van der Waals surface area contributed by atoms with Crippen LogP contribution in [0.4, 0.5) is 0 Å². The first-order valence-electron chi connectivity index (χ1n) is 7.36. The van der Waals surface area contributed by atoms with Gasteiger partial charge in [0.2, 0.25) is 5.91 Å². The SMILES string of the molecule is COc1ccc(OC)c(C(C)NC(=O)CNCC2CC2)c1.Cl. The third-order valence-corrected chi connectivity index (χ3v) is 3.70. The molecule has 0 spiro atoms. The maximum absolute atomic E-state index is 11.9. The minimum atomic E-state index is -0.134. The molecule has 0 heterocycles. The van der Waals surface area contributed by atoms with E-state index in [0.717, 1.165) is 29.5 Å². The Balaban J connectivity index is 0.00000242. The maximum atomic E-state index is 11.9. The van der Waals surface area contributed by atoms with E-state index in [9.17, 15) is 4.79 Å². The highest BCUT2D eigenvalue weighted by Crippen LogP contribution is 2.29. The highest BCUT2D eigenvalue weighted by atomic mass is 35.5. The van der Waals surface area contributed by atoms with Gasteiger partial charge in [-0.25, -0.2) is 0 Å². The van der Waals surface area contributed by atoms with E-state index in [4.69, 9.17) is 9.47 Å². The summed E-state index contributed by atoms with van der Waals surface area (Å²) < 4.78 is 10.6. The molecule has 2 rings (SSSR count). The molecule has 1 aromatic carbocycles. The summed E-state index contributed by atoms with van der Waals surface area (Å²) in [4.78, 5) is 11.9. The monoisotopic (exact) mass is 328 g/mol. The molecule has 1 unspecified atom stereocenters. The van der Waals surface area contributed by atoms with E-state index in [1.54, 1.807) is 14.2 Å². The van der Waals surface area contributed by atoms with Crippen LogP contribution in [0.15, 0.2) is 18.2 Å². The van der Waals surface area contributed by atoms with Crippen LogP contribution in [-0.4, -0.2) is 33.2 Å². The Labute approximate surface area is 138 Å². The molecule has 1 aliphatic rings. The quantitative estimate of drug-likeness (QED) is 0.769. The minimum absolute atomic E-state index is 0. The lowest BCUT2D eigenvalue weighted by Gasteiger charge is -2.18. The first kappa shape index (κ1) is 18.6. The van der Waals surface area contributed by atoms with Gasteiger partial charge < -0.3 is 20.1 Å². The third kappa shape index (κ3) is 5.39. The normalized spacial score (nSPS) is 14.7. The minimum Gasteiger partial charge on any atom is -0.497 e. The first-order chi connectivity index (χ1) is 10.1. The molecule has 1 aliphatic carbocycles. The van der Waals surface area contributed by atoms with Crippen LogP contribution in [0.25, 0.3) is 0 Å². The van der Waals surface area contributed by atoms with Gasteiger partial charge in [-0.2, -0.15) is 0 Å². The van der Waals surface area contributed by atoms with Crippen molar-refractivity contribution >= 4 is 18.3 Å². The number of hydrogen-bond acceptors (Lipinski definition) is 4. The summed E-state index contributed by atoms with van der Waals surface area (Å²) in [6, 6.07) is 5.45. The summed E-state index contributed by atoms with van der Waals surface area (Å²) in [6.45, 7) is 3.23. The second kappa shape index (κ2) is 8.86. The third-order valence-electron chi connectivity index (χ3n) is 3.70. The van der Waals surface area contributed by atoms with Gasteiger partial charge in [0.1, 0.15) is 11.5 Å². The van der Waals surface area contributed by atoms with Crippen molar-refractivity contribution in [2.45, 2.75) is 25.8 Å². The van der Waals surface area contributed by atoms with Crippen LogP contribution in [0.5, 0.6) is 11.5 Å². The average molecular weight is 329 g/mol. The maximum Gasteiger partial charge on any atom is 0.234 e. The van der Waals surface area contributed by atoms with Crippen molar-refractivity contribution in [3.05, 3.63) is 23.8 Å². The molecule has 0 aliphatic heterocycles. The predicted molar refractivity (Wildman–Crippen MR) is 88.9 cm³/mol. The van der Waals surface area contributed by atoms with Gasteiger partial charge in [-0.15, -0.1) is 12.4 Å². The zero-order valence-corrected chi connectivity index (χ0v) is 14.2. The molecule has 124 valence electrons. The molecule has 0 aromatic heterocycles. The molecule has 2 N–H and O–H groups in total. The van der Waals surface area contributed by atoms with Gasteiger partial charge in [0, 0.05) is 5.56 Å². The summed E-state index contributed by atoms with van der Waals surface area (Å²) in [5, 5.41) is 6.17. The summed E-state index contributed by atoms with van der Waals surface area (Å²) in [5.74, 6) is 2.26. The van der Waals surface area contributed by atoms with E-state index in [-0.39, 0.29) is 24.4 Å². The lowest BCUT2D eigenvalue weighted by atomic mass is 10.1. The smallest absolute Gasteiger partial charge is 0.234 e. The Hall–Kier alpha value is -1.46. The van der Waals surface area contributed by atoms with Crippen molar-refractivity contribution < 1.29 is 14.3 Å². The van der Waals surface area contributed by atoms with Crippen molar-refractivity contribution in [1.82, 2.24) is 10.6 Å². The van der Waals surface area contributed by atoms with Gasteiger partial charge in [-0.3, -0.25) is 4.79 Å². The van der Waals surface area contributed by atoms with Gasteiger partial charge in [0.15, 0.2) is 0 Å². The molecule has 5 nitrogen and oxygen atoms in total. The molecule has 0 radical (unpaired) electrons. The second-order valence-corrected chi connectivity index (χ2v) is 5.47. The molecular weight excluding hydrogens is 304 g/mol. The number of carbonyl (C=O) groups is 1. The Morgan fingerprint density at radius 1 is 1.32 bits per heavy atom. The van der Waals surface area contributed by atoms with Crippen molar-refractivity contribution in [3.8, 4) is 11.5 Å². The average Bonchev–Trinajstić information content (AvgIpc) is 3.30. The van der Waals surface area contributed by atoms with Crippen molar-refractivity contribution in [2.75, 3.05) is 27.3 Å². The number of methoxy groups -OCH3 is 2. The van der Waals surface area contributed by atoms with Crippen LogP contribution < -0.4 is 20.1 Å². The second-order valence-electron chi connectivity index (χ2n) is 5.47. The highest BCUT2D eigenvalue weighted by molar-refractivity contribution is 5.85. The van der Waals surface area contributed by atoms with E-state index in [0.29, 0.717) is 6.54 Å². The number of hydrogen-bond donors (Lipinski definition) is 2. The molecule has 1 amide bonds. The van der Waals surface area contributed by atoms with Crippen molar-refractivity contribution in [3.63, 3.8) is 0 Å². The molecule has 1 aromatic rings. The van der Waals surface area contributed by atoms with Crippen molar-refractivity contribution in [2.24, 2.45) is 5.92 Å². The summed E-state index contributed by atoms with van der Waals surface area (Å²) in [7, 11) is 3.24. The number of benzene rings is 1. The van der Waals surface area contributed by atoms with Crippen molar-refractivity contribution in [1.29, 1.82) is 0 Å². The molecule has 1 saturated carbocycles. The Morgan fingerprint density at radius 2 is 2.05 bits per heavy atom. The Kier molecular flexibility index (Phi) is 7.48. The molecule has 22 heavy (non-hydrogen) atoms. The standard InChI is InChI=1S/C16H24N2O3.ClH/c1-11(18-16(19)10-17-9-12-4-5-12)14-8-13(20-2)6-7-15(14)21-3;/h6-8,11-12,17H,4-5,9-10H2,1-3H3,(H,18,19);1H. The van der Waals surface area contributed by atoms with E-state index in [1.165, 1.54) is 12.8 Å². The number of rotatable bonds is 8. The van der Waals surface area contributed by atoms with Gasteiger partial charge in [0.05, 0.1) is 26.8 Å². The molecular formula is C16H25ClN2O3. The first-order valence-corrected chi connectivity index (χ1v) is 7.36. The van der Waals surface area contributed by atoms with E-state index in [2.05, 4.69) is 10.6 Å². The number of carbonyl (C=O) groups excluding carboxylic acids is 1. The zero-order valence-electron chi connectivity index (χ0n) is 13.3. The fraction of sp³-hybridized carbons (Fsp3) is 0.562. The Bertz CT molecular complexity index is 492. The molecule has 0 bridgehead atoms. The predicted octanol–water partition coefficient (Wildman–Crippen LogP) is 2.30. The topological polar surface area (TPSA) is 59.6 Å². The number of nitrogens with one attached hydrogen (secondary N) is 2. The Morgan fingerprint density at radius 3 is 2.64 bits per heavy atom. The zero-order chi connectivity index (χ0) is 15.2. The van der Waals surface area contributed by atoms with Crippen LogP contribution >= 0.6 is 12.4 Å². The molecule has 6 heteroatoms. The van der Waals surface area contributed by atoms with Crippen LogP contribution in [0.2, 0.25) is 0 Å². The van der Waals surface area contributed by atoms with Crippen LogP contribution in [0, 0.1) is 5.92 Å². The van der Waals surface area contributed by atoms with E-state index in [1.807, 2.05) is 25.1 Å². The van der Waals surface area contributed by atoms with Gasteiger partial charge in [0.25, 0.3) is 0 Å². The molecule has 1 atom stereocenters. The highest BCUT2D eigenvalue weighted by Gasteiger charge is 2.21. The fourth-order valence-corrected chi connectivity index (χ4v) is 2.26. The number of ether oxygens (including phenoxy) is 2. The molecule has 1 fully saturated rings. The summed E-state index contributed by atoms with van der Waals surface area (Å²) >= 11 is 0. The van der Waals surface area contributed by atoms with Crippen LogP contribution in [-0.2, 0) is 4.79 Å². The number of halogens is 1. The lowest BCUT2D eigenvalue weighted by Crippen LogP contribution is -2.36. The lowest BCUT2D eigenvalue weighted by molar-refractivity contribution is -0.120. The summed E-state index contributed by atoms with van der Waals surface area (Å²) in [6.07, 6.45) is 2.57. The van der Waals surface area contributed by atoms with Crippen LogP contribution in [0.3, 0.4) is 0 Å². The van der Waals surface area contributed by atoms with Crippen LogP contribution in [0.1, 0.15) is 31.4 Å².